The third-order valence-electron chi connectivity index (χ3n) is 2.72. The van der Waals surface area contributed by atoms with Gasteiger partial charge >= 0.3 is 12.1 Å². The van der Waals surface area contributed by atoms with Gasteiger partial charge in [0.15, 0.2) is 5.92 Å². The van der Waals surface area contributed by atoms with Gasteiger partial charge in [0.2, 0.25) is 0 Å². The minimum Gasteiger partial charge on any atom is -0.481 e. The number of carbonyl (C=O) groups is 1. The standard InChI is InChI=1S/C9H14F3NO2/c1-5-2-6(5)3-13-4-7(8(14)15)9(10,11)12/h5-7,13H,2-4H2,1H3,(H,14,15). The molecule has 0 amide bonds. The molecular weight excluding hydrogens is 211 g/mol. The number of carboxylic acids is 1. The van der Waals surface area contributed by atoms with Crippen LogP contribution in [-0.4, -0.2) is 30.3 Å². The van der Waals surface area contributed by atoms with Crippen molar-refractivity contribution in [2.75, 3.05) is 13.1 Å². The smallest absolute Gasteiger partial charge is 0.403 e. The molecule has 0 bridgehead atoms. The highest BCUT2D eigenvalue weighted by Crippen LogP contribution is 2.36. The Morgan fingerprint density at radius 2 is 2.13 bits per heavy atom. The average molecular weight is 225 g/mol. The van der Waals surface area contributed by atoms with Crippen molar-refractivity contribution in [1.82, 2.24) is 5.32 Å². The van der Waals surface area contributed by atoms with Crippen LogP contribution in [0.5, 0.6) is 0 Å². The molecule has 0 aliphatic heterocycles. The van der Waals surface area contributed by atoms with Gasteiger partial charge in [0.25, 0.3) is 0 Å². The van der Waals surface area contributed by atoms with Crippen molar-refractivity contribution >= 4 is 5.97 Å². The predicted molar refractivity (Wildman–Crippen MR) is 47.3 cm³/mol. The molecule has 88 valence electrons. The van der Waals surface area contributed by atoms with Gasteiger partial charge in [-0.2, -0.15) is 13.2 Å². The molecular formula is C9H14F3NO2. The third-order valence-corrected chi connectivity index (χ3v) is 2.72. The minimum atomic E-state index is -4.67. The van der Waals surface area contributed by atoms with E-state index in [0.717, 1.165) is 6.42 Å². The summed E-state index contributed by atoms with van der Waals surface area (Å²) < 4.78 is 36.5. The molecule has 0 aromatic carbocycles. The first-order valence-corrected chi connectivity index (χ1v) is 4.82. The molecule has 3 atom stereocenters. The van der Waals surface area contributed by atoms with Crippen molar-refractivity contribution in [3.8, 4) is 0 Å². The zero-order valence-corrected chi connectivity index (χ0v) is 8.34. The number of carboxylic acid groups (broad SMARTS) is 1. The van der Waals surface area contributed by atoms with Crippen LogP contribution in [0.1, 0.15) is 13.3 Å². The van der Waals surface area contributed by atoms with E-state index >= 15 is 0 Å². The van der Waals surface area contributed by atoms with Crippen LogP contribution >= 0.6 is 0 Å². The van der Waals surface area contributed by atoms with E-state index in [1.165, 1.54) is 0 Å². The van der Waals surface area contributed by atoms with Crippen LogP contribution in [-0.2, 0) is 4.79 Å². The molecule has 1 rings (SSSR count). The lowest BCUT2D eigenvalue weighted by atomic mass is 10.1. The van der Waals surface area contributed by atoms with Gasteiger partial charge in [-0.05, 0) is 24.8 Å². The first-order valence-electron chi connectivity index (χ1n) is 4.82. The van der Waals surface area contributed by atoms with Gasteiger partial charge in [0, 0.05) is 6.54 Å². The molecule has 6 heteroatoms. The molecule has 0 aromatic heterocycles. The van der Waals surface area contributed by atoms with Crippen LogP contribution in [0.2, 0.25) is 0 Å². The van der Waals surface area contributed by atoms with Crippen molar-refractivity contribution in [3.63, 3.8) is 0 Å². The van der Waals surface area contributed by atoms with Crippen molar-refractivity contribution in [2.24, 2.45) is 17.8 Å². The normalized spacial score (nSPS) is 27.5. The van der Waals surface area contributed by atoms with Crippen LogP contribution in [0.25, 0.3) is 0 Å². The van der Waals surface area contributed by atoms with Gasteiger partial charge < -0.3 is 10.4 Å². The van der Waals surface area contributed by atoms with Gasteiger partial charge in [0.1, 0.15) is 0 Å². The summed E-state index contributed by atoms with van der Waals surface area (Å²) in [6, 6.07) is 0. The molecule has 3 nitrogen and oxygen atoms in total. The highest BCUT2D eigenvalue weighted by molar-refractivity contribution is 5.71. The Balaban J connectivity index is 2.29. The SMILES string of the molecule is CC1CC1CNCC(C(=O)O)C(F)(F)F. The Morgan fingerprint density at radius 1 is 1.60 bits per heavy atom. The maximum Gasteiger partial charge on any atom is 0.403 e. The Morgan fingerprint density at radius 3 is 2.47 bits per heavy atom. The largest absolute Gasteiger partial charge is 0.481 e. The fraction of sp³-hybridized carbons (Fsp3) is 0.889. The quantitative estimate of drug-likeness (QED) is 0.745. The Hall–Kier alpha value is -0.780. The second-order valence-corrected chi connectivity index (χ2v) is 4.06. The van der Waals surface area contributed by atoms with E-state index in [2.05, 4.69) is 5.32 Å². The topological polar surface area (TPSA) is 49.3 Å². The second-order valence-electron chi connectivity index (χ2n) is 4.06. The third kappa shape index (κ3) is 3.70. The fourth-order valence-corrected chi connectivity index (χ4v) is 1.44. The van der Waals surface area contributed by atoms with E-state index in [-0.39, 0.29) is 0 Å². The van der Waals surface area contributed by atoms with Crippen molar-refractivity contribution < 1.29 is 23.1 Å². The molecule has 15 heavy (non-hydrogen) atoms. The number of hydrogen-bond acceptors (Lipinski definition) is 2. The van der Waals surface area contributed by atoms with Gasteiger partial charge in [-0.1, -0.05) is 6.92 Å². The number of halogens is 3. The molecule has 0 heterocycles. The highest BCUT2D eigenvalue weighted by Gasteiger charge is 2.45. The lowest BCUT2D eigenvalue weighted by Gasteiger charge is -2.16. The van der Waals surface area contributed by atoms with Crippen LogP contribution in [0.3, 0.4) is 0 Å². The summed E-state index contributed by atoms with van der Waals surface area (Å²) in [5, 5.41) is 10.9. The van der Waals surface area contributed by atoms with E-state index in [1.54, 1.807) is 0 Å². The number of aliphatic carboxylic acids is 1. The molecule has 1 saturated carbocycles. The minimum absolute atomic E-state index is 0.410. The zero-order valence-electron chi connectivity index (χ0n) is 8.34. The maximum absolute atomic E-state index is 12.2. The van der Waals surface area contributed by atoms with Crippen LogP contribution in [0, 0.1) is 17.8 Å². The number of rotatable bonds is 5. The van der Waals surface area contributed by atoms with Crippen molar-refractivity contribution in [1.29, 1.82) is 0 Å². The van der Waals surface area contributed by atoms with Crippen molar-refractivity contribution in [2.45, 2.75) is 19.5 Å². The summed E-state index contributed by atoms with van der Waals surface area (Å²) in [6.07, 6.45) is -3.66. The summed E-state index contributed by atoms with van der Waals surface area (Å²) >= 11 is 0. The molecule has 0 spiro atoms. The van der Waals surface area contributed by atoms with E-state index in [9.17, 15) is 18.0 Å². The fourth-order valence-electron chi connectivity index (χ4n) is 1.44. The number of nitrogens with one attached hydrogen (secondary N) is 1. The zero-order chi connectivity index (χ0) is 11.6. The predicted octanol–water partition coefficient (Wildman–Crippen LogP) is 1.50. The van der Waals surface area contributed by atoms with Crippen LogP contribution in [0.15, 0.2) is 0 Å². The summed E-state index contributed by atoms with van der Waals surface area (Å²) in [6.45, 7) is 1.95. The lowest BCUT2D eigenvalue weighted by molar-refractivity contribution is -0.192. The summed E-state index contributed by atoms with van der Waals surface area (Å²) in [5.41, 5.74) is 0. The highest BCUT2D eigenvalue weighted by atomic mass is 19.4. The van der Waals surface area contributed by atoms with E-state index in [1.807, 2.05) is 6.92 Å². The van der Waals surface area contributed by atoms with E-state index in [0.29, 0.717) is 18.4 Å². The first kappa shape index (κ1) is 12.3. The molecule has 2 N–H and O–H groups in total. The van der Waals surface area contributed by atoms with Crippen LogP contribution in [0.4, 0.5) is 13.2 Å². The van der Waals surface area contributed by atoms with Crippen molar-refractivity contribution in [3.05, 3.63) is 0 Å². The summed E-state index contributed by atoms with van der Waals surface area (Å²) in [5.74, 6) is -3.16. The van der Waals surface area contributed by atoms with Gasteiger partial charge in [0.05, 0.1) is 0 Å². The Kier molecular flexibility index (Phi) is 3.59. The molecule has 0 saturated heterocycles. The second kappa shape index (κ2) is 4.38. The average Bonchev–Trinajstić information content (AvgIpc) is 2.72. The molecule has 1 aliphatic carbocycles. The van der Waals surface area contributed by atoms with E-state index in [4.69, 9.17) is 5.11 Å². The number of hydrogen-bond donors (Lipinski definition) is 2. The van der Waals surface area contributed by atoms with Crippen LogP contribution < -0.4 is 5.32 Å². The molecule has 1 fully saturated rings. The molecule has 1 aliphatic rings. The maximum atomic E-state index is 12.2. The first-order chi connectivity index (χ1) is 6.82. The Labute approximate surface area is 85.7 Å². The molecule has 3 unspecified atom stereocenters. The lowest BCUT2D eigenvalue weighted by Crippen LogP contribution is -2.39. The van der Waals surface area contributed by atoms with Gasteiger partial charge in [-0.3, -0.25) is 4.79 Å². The summed E-state index contributed by atoms with van der Waals surface area (Å²) in [7, 11) is 0. The molecule has 0 aromatic rings. The van der Waals surface area contributed by atoms with Gasteiger partial charge in [-0.15, -0.1) is 0 Å². The summed E-state index contributed by atoms with van der Waals surface area (Å²) in [4.78, 5) is 10.3. The number of alkyl halides is 3. The van der Waals surface area contributed by atoms with Gasteiger partial charge in [-0.25, -0.2) is 0 Å². The molecule has 0 radical (unpaired) electrons. The Bertz CT molecular complexity index is 242. The van der Waals surface area contributed by atoms with E-state index < -0.39 is 24.6 Å². The monoisotopic (exact) mass is 225 g/mol.